The Bertz CT molecular complexity index is 1310. The Morgan fingerprint density at radius 1 is 1.08 bits per heavy atom. The molecule has 4 aliphatic rings. The van der Waals surface area contributed by atoms with Crippen LogP contribution in [-0.2, 0) is 14.6 Å². The van der Waals surface area contributed by atoms with Crippen molar-refractivity contribution in [1.29, 1.82) is 0 Å². The molecule has 4 nitrogen and oxygen atoms in total. The zero-order valence-electron chi connectivity index (χ0n) is 23.0. The average molecular weight is 520 g/mol. The van der Waals surface area contributed by atoms with Gasteiger partial charge in [0.25, 0.3) is 5.03 Å². The van der Waals surface area contributed by atoms with E-state index in [2.05, 4.69) is 44.7 Å². The van der Waals surface area contributed by atoms with Gasteiger partial charge in [0.15, 0.2) is 0 Å². The van der Waals surface area contributed by atoms with Gasteiger partial charge in [0, 0.05) is 6.42 Å². The second-order valence-electron chi connectivity index (χ2n) is 12.7. The van der Waals surface area contributed by atoms with Crippen molar-refractivity contribution in [3.8, 4) is 0 Å². The van der Waals surface area contributed by atoms with E-state index in [4.69, 9.17) is 11.3 Å². The summed E-state index contributed by atoms with van der Waals surface area (Å²) in [6, 6.07) is 6.92. The summed E-state index contributed by atoms with van der Waals surface area (Å²) in [5, 5.41) is -0.00871. The molecule has 0 spiro atoms. The van der Waals surface area contributed by atoms with E-state index in [1.54, 1.807) is 12.1 Å². The maximum atomic E-state index is 13.6. The number of benzene rings is 1. The van der Waals surface area contributed by atoms with Crippen molar-refractivity contribution < 1.29 is 13.2 Å². The Hall–Kier alpha value is -2.32. The van der Waals surface area contributed by atoms with E-state index in [0.717, 1.165) is 62.0 Å². The minimum atomic E-state index is -3.83. The van der Waals surface area contributed by atoms with Gasteiger partial charge in [0.2, 0.25) is 9.84 Å². The molecule has 0 heterocycles. The molecule has 0 saturated heterocycles. The molecule has 1 aromatic carbocycles. The van der Waals surface area contributed by atoms with Crippen LogP contribution < -0.4 is 0 Å². The molecule has 2 fully saturated rings. The summed E-state index contributed by atoms with van der Waals surface area (Å²) in [5.74, 6) is 3.20. The maximum Gasteiger partial charge on any atom is 0.282 e. The van der Waals surface area contributed by atoms with E-state index >= 15 is 0 Å². The second kappa shape index (κ2) is 9.45. The Balaban J connectivity index is 1.47. The molecule has 0 aliphatic heterocycles. The number of hydrogen-bond donors (Lipinski definition) is 0. The van der Waals surface area contributed by atoms with Crippen molar-refractivity contribution >= 4 is 9.84 Å². The third kappa shape index (κ3) is 4.30. The fraction of sp³-hybridized carbons (Fsp3) is 0.594. The highest BCUT2D eigenvalue weighted by molar-refractivity contribution is 7.95. The van der Waals surface area contributed by atoms with Gasteiger partial charge in [-0.05, 0) is 109 Å². The summed E-state index contributed by atoms with van der Waals surface area (Å²) >= 11 is 0. The van der Waals surface area contributed by atoms with Crippen LogP contribution in [0.1, 0.15) is 78.2 Å². The van der Waals surface area contributed by atoms with Crippen LogP contribution in [0.3, 0.4) is 0 Å². The number of sulfone groups is 1. The zero-order chi connectivity index (χ0) is 26.6. The summed E-state index contributed by atoms with van der Waals surface area (Å²) in [6.07, 6.45) is 11.7. The third-order valence-electron chi connectivity index (χ3n) is 10.1. The first-order valence-corrected chi connectivity index (χ1v) is 15.5. The van der Waals surface area contributed by atoms with Crippen molar-refractivity contribution in [1.82, 2.24) is 0 Å². The van der Waals surface area contributed by atoms with Crippen molar-refractivity contribution in [2.75, 3.05) is 6.61 Å². The van der Waals surface area contributed by atoms with Gasteiger partial charge in [-0.3, -0.25) is 0 Å². The van der Waals surface area contributed by atoms with Gasteiger partial charge in [-0.1, -0.05) is 51.5 Å². The summed E-state index contributed by atoms with van der Waals surface area (Å²) in [4.78, 5) is 3.94. The van der Waals surface area contributed by atoms with Crippen molar-refractivity contribution in [3.05, 3.63) is 75.3 Å². The molecule has 0 N–H and O–H groups in total. The number of aryl methyl sites for hydroxylation is 1. The van der Waals surface area contributed by atoms with Gasteiger partial charge in [-0.15, -0.1) is 0 Å². The first kappa shape index (κ1) is 26.3. The van der Waals surface area contributed by atoms with Gasteiger partial charge >= 0.3 is 0 Å². The lowest BCUT2D eigenvalue weighted by Crippen LogP contribution is -2.48. The zero-order valence-corrected chi connectivity index (χ0v) is 23.8. The topological polar surface area (TPSA) is 47.7 Å². The van der Waals surface area contributed by atoms with E-state index in [-0.39, 0.29) is 20.8 Å². The monoisotopic (exact) mass is 519 g/mol. The smallest absolute Gasteiger partial charge is 0.282 e. The molecular weight excluding hydrogens is 478 g/mol. The fourth-order valence-electron chi connectivity index (χ4n) is 7.97. The van der Waals surface area contributed by atoms with Gasteiger partial charge in [0.1, 0.15) is 0 Å². The van der Waals surface area contributed by atoms with E-state index in [0.29, 0.717) is 30.1 Å². The van der Waals surface area contributed by atoms with E-state index in [9.17, 15) is 8.42 Å². The van der Waals surface area contributed by atoms with Crippen LogP contribution in [0, 0.1) is 48.0 Å². The average Bonchev–Trinajstić information content (AvgIpc) is 3.20. The number of nitrogens with zero attached hydrogens (tertiary/aromatic N) is 1. The lowest BCUT2D eigenvalue weighted by molar-refractivity contribution is -0.00928. The highest BCUT2D eigenvalue weighted by atomic mass is 32.2. The predicted molar refractivity (Wildman–Crippen MR) is 148 cm³/mol. The number of hydrogen-bond acceptors (Lipinski definition) is 3. The van der Waals surface area contributed by atoms with E-state index < -0.39 is 9.84 Å². The lowest BCUT2D eigenvalue weighted by atomic mass is 9.48. The molecular formula is C32H41NO3S. The summed E-state index contributed by atoms with van der Waals surface area (Å²) in [6.45, 7) is 19.7. The first-order chi connectivity index (χ1) is 17.5. The molecule has 198 valence electrons. The molecule has 0 bridgehead atoms. The Labute approximate surface area is 223 Å². The molecule has 0 radical (unpaired) electrons. The molecule has 4 aliphatic carbocycles. The highest BCUT2D eigenvalue weighted by Gasteiger charge is 2.57. The van der Waals surface area contributed by atoms with E-state index in [1.807, 2.05) is 19.1 Å². The summed E-state index contributed by atoms with van der Waals surface area (Å²) in [7, 11) is -3.83. The van der Waals surface area contributed by atoms with Gasteiger partial charge in [0.05, 0.1) is 23.8 Å². The first-order valence-electron chi connectivity index (χ1n) is 14.0. The minimum Gasteiger partial charge on any atom is -0.498 e. The molecule has 5 heteroatoms. The summed E-state index contributed by atoms with van der Waals surface area (Å²) in [5.41, 5.74) is 3.27. The predicted octanol–water partition coefficient (Wildman–Crippen LogP) is 8.03. The number of rotatable bonds is 5. The Morgan fingerprint density at radius 3 is 2.46 bits per heavy atom. The van der Waals surface area contributed by atoms with Crippen LogP contribution in [0.5, 0.6) is 0 Å². The molecule has 2 saturated carbocycles. The quantitative estimate of drug-likeness (QED) is 0.370. The molecule has 5 rings (SSSR count). The Morgan fingerprint density at radius 2 is 1.78 bits per heavy atom. The number of allylic oxidation sites excluding steroid dienone is 5. The van der Waals surface area contributed by atoms with Crippen molar-refractivity contribution in [2.45, 2.75) is 84.5 Å². The van der Waals surface area contributed by atoms with Crippen LogP contribution in [0.2, 0.25) is 0 Å². The van der Waals surface area contributed by atoms with Crippen LogP contribution in [0.15, 0.2) is 63.2 Å². The Kier molecular flexibility index (Phi) is 6.72. The van der Waals surface area contributed by atoms with Gasteiger partial charge in [-0.25, -0.2) is 13.3 Å². The standard InChI is InChI=1S/C32H41NO3S/c1-21(2)20-36-24-15-17-31(4)23(19-24)9-12-26-27-13-14-29(32(27,5)18-16-28(26)31)30(33-6)37(34,35)25-10-7-22(3)8-11-25/h7-11,19,21,26-28H,12-18,20H2,1-5H3/b30-29-/t26-,27-,28-,31-,32-/m0/s1. The SMILES string of the molecule is [C-]#[N+]/C(=C1\CC[C@H]2[C@@H]3CC=C4C=C(OCC(C)C)CC[C@]4(C)[C@H]3CC[C@]12C)S(=O)(=O)c1ccc(C)cc1. The van der Waals surface area contributed by atoms with Crippen LogP contribution in [0.25, 0.3) is 4.85 Å². The van der Waals surface area contributed by atoms with Crippen molar-refractivity contribution in [2.24, 2.45) is 34.5 Å². The molecule has 1 aromatic rings. The van der Waals surface area contributed by atoms with Gasteiger partial charge in [-0.2, -0.15) is 0 Å². The minimum absolute atomic E-state index is 0.00871. The molecule has 0 aromatic heterocycles. The van der Waals surface area contributed by atoms with E-state index in [1.165, 1.54) is 5.57 Å². The van der Waals surface area contributed by atoms with Crippen LogP contribution in [0.4, 0.5) is 0 Å². The van der Waals surface area contributed by atoms with Crippen molar-refractivity contribution in [3.63, 3.8) is 0 Å². The molecule has 37 heavy (non-hydrogen) atoms. The number of ether oxygens (including phenoxy) is 1. The second-order valence-corrected chi connectivity index (χ2v) is 14.6. The molecule has 0 amide bonds. The molecule has 0 unspecified atom stereocenters. The number of fused-ring (bicyclic) bond motifs is 5. The largest absolute Gasteiger partial charge is 0.498 e. The van der Waals surface area contributed by atoms with Crippen LogP contribution in [-0.4, -0.2) is 15.0 Å². The van der Waals surface area contributed by atoms with Crippen LogP contribution >= 0.6 is 0 Å². The lowest BCUT2D eigenvalue weighted by Gasteiger charge is -2.56. The third-order valence-corrected chi connectivity index (χ3v) is 11.8. The van der Waals surface area contributed by atoms with Gasteiger partial charge < -0.3 is 4.74 Å². The highest BCUT2D eigenvalue weighted by Crippen LogP contribution is 2.66. The molecule has 5 atom stereocenters. The normalized spacial score (nSPS) is 34.5. The summed E-state index contributed by atoms with van der Waals surface area (Å²) < 4.78 is 33.4. The fourth-order valence-corrected chi connectivity index (χ4v) is 9.47. The maximum absolute atomic E-state index is 13.6.